The van der Waals surface area contributed by atoms with Gasteiger partial charge in [0, 0.05) is 19.4 Å². The summed E-state index contributed by atoms with van der Waals surface area (Å²) >= 11 is 0. The Hall–Kier alpha value is -1.97. The van der Waals surface area contributed by atoms with E-state index in [0.717, 1.165) is 62.3 Å². The lowest BCUT2D eigenvalue weighted by atomic mass is 10.0. The largest absolute Gasteiger partial charge is 0.744 e. The van der Waals surface area contributed by atoms with Crippen LogP contribution in [0.4, 0.5) is 0 Å². The molecule has 344 valence electrons. The Kier molecular flexibility index (Phi) is 34.2. The van der Waals surface area contributed by atoms with Gasteiger partial charge in [0.15, 0.2) is 6.67 Å². The van der Waals surface area contributed by atoms with E-state index in [-0.39, 0.29) is 10.8 Å². The Bertz CT molecular complexity index is 1260. The highest BCUT2D eigenvalue weighted by Gasteiger charge is 2.32. The van der Waals surface area contributed by atoms with Crippen LogP contribution in [0.2, 0.25) is 0 Å². The third-order valence-corrected chi connectivity index (χ3v) is 13.4. The van der Waals surface area contributed by atoms with Crippen molar-refractivity contribution in [1.82, 2.24) is 10.2 Å². The zero-order valence-corrected chi connectivity index (χ0v) is 39.8. The van der Waals surface area contributed by atoms with E-state index in [1.165, 1.54) is 192 Å². The van der Waals surface area contributed by atoms with Crippen LogP contribution in [0.5, 0.6) is 0 Å². The molecule has 0 spiro atoms. The maximum atomic E-state index is 12.7. The molecule has 1 aromatic carbocycles. The lowest BCUT2D eigenvalue weighted by Crippen LogP contribution is -2.57. The minimum atomic E-state index is -4.27. The van der Waals surface area contributed by atoms with Crippen molar-refractivity contribution >= 4 is 21.9 Å². The van der Waals surface area contributed by atoms with E-state index >= 15 is 0 Å². The number of carbonyl (C=O) groups excluding carboxylic acids is 2. The third-order valence-electron chi connectivity index (χ3n) is 12.5. The van der Waals surface area contributed by atoms with Gasteiger partial charge >= 0.3 is 0 Å². The summed E-state index contributed by atoms with van der Waals surface area (Å²) in [6, 6.07) is 5.78. The number of carbonyl (C=O) groups is 2. The van der Waals surface area contributed by atoms with Crippen LogP contribution in [0, 0.1) is 6.92 Å². The van der Waals surface area contributed by atoms with Crippen LogP contribution < -0.4 is 5.32 Å². The molecule has 1 N–H and O–H groups in total. The van der Waals surface area contributed by atoms with Gasteiger partial charge in [-0.1, -0.05) is 198 Å². The van der Waals surface area contributed by atoms with Crippen LogP contribution >= 0.6 is 0 Å². The number of hydrogen-bond donors (Lipinski definition) is 1. The first-order chi connectivity index (χ1) is 28.6. The molecule has 0 radical (unpaired) electrons. The number of likely N-dealkylation sites (tertiary alicyclic amines) is 1. The number of likely N-dealkylation sites (N-methyl/N-ethyl adjacent to an activating group) is 1. The highest BCUT2D eigenvalue weighted by atomic mass is 32.2. The minimum absolute atomic E-state index is 0.178. The van der Waals surface area contributed by atoms with Gasteiger partial charge < -0.3 is 14.4 Å². The number of benzene rings is 1. The maximum absolute atomic E-state index is 12.7. The number of aryl methyl sites for hydroxylation is 1. The number of nitrogens with one attached hydrogen (secondary N) is 1. The predicted octanol–water partition coefficient (Wildman–Crippen LogP) is 13.2. The Labute approximate surface area is 365 Å². The van der Waals surface area contributed by atoms with Crippen LogP contribution in [0.1, 0.15) is 232 Å². The van der Waals surface area contributed by atoms with Crippen LogP contribution in [0.25, 0.3) is 0 Å². The van der Waals surface area contributed by atoms with Gasteiger partial charge in [-0.25, -0.2) is 8.42 Å². The molecule has 8 nitrogen and oxygen atoms in total. The van der Waals surface area contributed by atoms with Gasteiger partial charge in [-0.05, 0) is 51.7 Å². The number of amides is 2. The first-order valence-corrected chi connectivity index (χ1v) is 26.4. The normalized spacial score (nSPS) is 14.0. The SMILES string of the molecule is CCCCCCCCCCCCCCCCCC(=O)NCC[N+](CC)(CCCCCCCCCCCCCCCC)CN1CCCC1=O.Cc1ccc(S(=O)(=O)[O-])cc1. The summed E-state index contributed by atoms with van der Waals surface area (Å²) in [5.74, 6) is 0.539. The Morgan fingerprint density at radius 2 is 1.03 bits per heavy atom. The van der Waals surface area contributed by atoms with Crippen LogP contribution in [-0.2, 0) is 19.7 Å². The van der Waals surface area contributed by atoms with E-state index in [1.54, 1.807) is 12.1 Å². The molecule has 1 fully saturated rings. The average molecular weight is 848 g/mol. The maximum Gasteiger partial charge on any atom is 0.226 e. The van der Waals surface area contributed by atoms with Crippen LogP contribution in [0.3, 0.4) is 0 Å². The van der Waals surface area contributed by atoms with Gasteiger partial charge in [-0.3, -0.25) is 14.5 Å². The molecule has 1 aliphatic heterocycles. The minimum Gasteiger partial charge on any atom is -0.744 e. The molecule has 1 unspecified atom stereocenters. The number of nitrogens with zero attached hydrogens (tertiary/aromatic N) is 2. The van der Waals surface area contributed by atoms with E-state index in [2.05, 4.69) is 31.0 Å². The fourth-order valence-corrected chi connectivity index (χ4v) is 8.88. The first kappa shape index (κ1) is 55.0. The van der Waals surface area contributed by atoms with Crippen molar-refractivity contribution in [3.8, 4) is 0 Å². The van der Waals surface area contributed by atoms with Crippen molar-refractivity contribution < 1.29 is 27.0 Å². The molecule has 2 amide bonds. The van der Waals surface area contributed by atoms with E-state index in [9.17, 15) is 22.6 Å². The van der Waals surface area contributed by atoms with E-state index < -0.39 is 10.1 Å². The zero-order chi connectivity index (χ0) is 43.3. The fourth-order valence-electron chi connectivity index (χ4n) is 8.41. The topological polar surface area (TPSA) is 107 Å². The standard InChI is InChI=1S/C43H85N3O2.C7H8O3S/c1-4-7-9-11-13-15-17-19-21-22-24-26-28-30-32-35-42(47)44-37-40-46(6-3,41-45-38-34-36-43(45)48)39-33-31-29-27-25-23-20-18-16-14-12-10-8-5-2;1-6-2-4-7(5-3-6)11(8,9)10/h4-41H2,1-3H3;2-5H,1H3,(H,8,9,10). The molecule has 0 bridgehead atoms. The first-order valence-electron chi connectivity index (χ1n) is 25.0. The molecular weight excluding hydrogens is 755 g/mol. The summed E-state index contributed by atoms with van der Waals surface area (Å²) < 4.78 is 32.1. The van der Waals surface area contributed by atoms with E-state index in [0.29, 0.717) is 18.7 Å². The molecule has 0 saturated carbocycles. The van der Waals surface area contributed by atoms with Gasteiger partial charge in [-0.15, -0.1) is 0 Å². The number of unbranched alkanes of at least 4 members (excludes halogenated alkanes) is 27. The monoisotopic (exact) mass is 848 g/mol. The Balaban J connectivity index is 0.00000135. The summed E-state index contributed by atoms with van der Waals surface area (Å²) in [6.07, 6.45) is 41.9. The van der Waals surface area contributed by atoms with Crippen molar-refractivity contribution in [2.45, 2.75) is 238 Å². The van der Waals surface area contributed by atoms with Gasteiger partial charge in [-0.2, -0.15) is 0 Å². The van der Waals surface area contributed by atoms with Gasteiger partial charge in [0.2, 0.25) is 11.8 Å². The second-order valence-corrected chi connectivity index (χ2v) is 19.3. The fraction of sp³-hybridized carbons (Fsp3) is 0.840. The van der Waals surface area contributed by atoms with Gasteiger partial charge in [0.1, 0.15) is 10.1 Å². The van der Waals surface area contributed by atoms with E-state index in [4.69, 9.17) is 0 Å². The predicted molar refractivity (Wildman–Crippen MR) is 248 cm³/mol. The van der Waals surface area contributed by atoms with E-state index in [1.807, 2.05) is 6.92 Å². The molecule has 59 heavy (non-hydrogen) atoms. The average Bonchev–Trinajstić information content (AvgIpc) is 3.62. The van der Waals surface area contributed by atoms with Crippen molar-refractivity contribution in [1.29, 1.82) is 0 Å². The van der Waals surface area contributed by atoms with Crippen LogP contribution in [-0.4, -0.2) is 73.6 Å². The summed E-state index contributed by atoms with van der Waals surface area (Å²) in [5, 5.41) is 3.25. The molecule has 1 heterocycles. The van der Waals surface area contributed by atoms with Gasteiger partial charge in [0.25, 0.3) is 0 Å². The molecule has 0 aliphatic carbocycles. The smallest absolute Gasteiger partial charge is 0.226 e. The molecule has 2 rings (SSSR count). The van der Waals surface area contributed by atoms with Crippen molar-refractivity contribution in [3.05, 3.63) is 29.8 Å². The highest BCUT2D eigenvalue weighted by Crippen LogP contribution is 2.19. The lowest BCUT2D eigenvalue weighted by molar-refractivity contribution is -0.933. The summed E-state index contributed by atoms with van der Waals surface area (Å²) in [7, 11) is -4.27. The summed E-state index contributed by atoms with van der Waals surface area (Å²) in [6.45, 7) is 14.2. The lowest BCUT2D eigenvalue weighted by Gasteiger charge is -2.40. The molecule has 9 heteroatoms. The number of quaternary nitrogens is 1. The summed E-state index contributed by atoms with van der Waals surface area (Å²) in [4.78, 5) is 27.1. The second-order valence-electron chi connectivity index (χ2n) is 17.9. The van der Waals surface area contributed by atoms with Crippen molar-refractivity contribution in [2.75, 3.05) is 39.4 Å². The summed E-state index contributed by atoms with van der Waals surface area (Å²) in [5.41, 5.74) is 0.928. The molecule has 1 aromatic rings. The molecule has 0 aromatic heterocycles. The highest BCUT2D eigenvalue weighted by molar-refractivity contribution is 7.85. The molecule has 1 saturated heterocycles. The van der Waals surface area contributed by atoms with Crippen molar-refractivity contribution in [2.24, 2.45) is 0 Å². The number of rotatable bonds is 38. The zero-order valence-electron chi connectivity index (χ0n) is 39.0. The molecule has 1 atom stereocenters. The number of hydrogen-bond acceptors (Lipinski definition) is 5. The third kappa shape index (κ3) is 30.7. The second kappa shape index (κ2) is 36.7. The molecular formula is C50H93N3O5S. The molecule has 1 aliphatic rings. The van der Waals surface area contributed by atoms with Gasteiger partial charge in [0.05, 0.1) is 31.1 Å². The Morgan fingerprint density at radius 1 is 0.627 bits per heavy atom. The quantitative estimate of drug-likeness (QED) is 0.0405. The Morgan fingerprint density at radius 3 is 1.41 bits per heavy atom. The van der Waals surface area contributed by atoms with Crippen LogP contribution in [0.15, 0.2) is 29.2 Å². The van der Waals surface area contributed by atoms with Crippen molar-refractivity contribution in [3.63, 3.8) is 0 Å².